The highest BCUT2D eigenvalue weighted by Gasteiger charge is 2.31. The molecule has 0 bridgehead atoms. The minimum absolute atomic E-state index is 0.169. The highest BCUT2D eigenvalue weighted by molar-refractivity contribution is 7.99. The molecule has 4 heteroatoms. The molecular formula is C11H21NO2S. The van der Waals surface area contributed by atoms with Crippen molar-refractivity contribution in [2.75, 3.05) is 18.6 Å². The van der Waals surface area contributed by atoms with Crippen molar-refractivity contribution in [3.8, 4) is 0 Å². The molecule has 0 spiro atoms. The molecule has 1 aliphatic heterocycles. The predicted molar refractivity (Wildman–Crippen MR) is 64.4 cm³/mol. The molecule has 0 amide bonds. The topological polar surface area (TPSA) is 40.5 Å². The maximum Gasteiger partial charge on any atom is 0.321 e. The number of nitrogens with zero attached hydrogens (tertiary/aromatic N) is 1. The van der Waals surface area contributed by atoms with Crippen LogP contribution < -0.4 is 0 Å². The summed E-state index contributed by atoms with van der Waals surface area (Å²) in [7, 11) is 1.96. The first-order chi connectivity index (χ1) is 7.04. The van der Waals surface area contributed by atoms with Gasteiger partial charge in [-0.05, 0) is 37.3 Å². The van der Waals surface area contributed by atoms with Gasteiger partial charge in [-0.15, -0.1) is 0 Å². The Morgan fingerprint density at radius 3 is 2.33 bits per heavy atom. The third-order valence-corrected chi connectivity index (χ3v) is 4.14. The average Bonchev–Trinajstić information content (AvgIpc) is 2.18. The summed E-state index contributed by atoms with van der Waals surface area (Å²) in [6, 6.07) is 0.118. The van der Waals surface area contributed by atoms with E-state index in [9.17, 15) is 9.90 Å². The van der Waals surface area contributed by atoms with E-state index in [-0.39, 0.29) is 12.0 Å². The average molecular weight is 231 g/mol. The molecule has 1 saturated heterocycles. The van der Waals surface area contributed by atoms with Gasteiger partial charge in [-0.3, -0.25) is 9.69 Å². The van der Waals surface area contributed by atoms with Gasteiger partial charge < -0.3 is 5.11 Å². The molecule has 1 rings (SSSR count). The van der Waals surface area contributed by atoms with E-state index in [4.69, 9.17) is 0 Å². The SMILES string of the molecule is CC(C)C(C(=O)O)N(C)C1CCSCC1. The molecule has 3 nitrogen and oxygen atoms in total. The molecule has 1 aliphatic rings. The molecule has 1 fully saturated rings. The van der Waals surface area contributed by atoms with E-state index in [1.165, 1.54) is 11.5 Å². The maximum absolute atomic E-state index is 11.2. The van der Waals surface area contributed by atoms with Crippen molar-refractivity contribution in [3.63, 3.8) is 0 Å². The standard InChI is InChI=1S/C11H21NO2S/c1-8(2)10(11(13)14)12(3)9-4-6-15-7-5-9/h8-10H,4-7H2,1-3H3,(H,13,14). The van der Waals surface area contributed by atoms with Crippen LogP contribution in [0.5, 0.6) is 0 Å². The Labute approximate surface area is 96.2 Å². The van der Waals surface area contributed by atoms with E-state index >= 15 is 0 Å². The molecule has 0 aromatic heterocycles. The number of carbonyl (C=O) groups is 1. The third kappa shape index (κ3) is 3.38. The number of likely N-dealkylation sites (N-methyl/N-ethyl adjacent to an activating group) is 1. The fourth-order valence-electron chi connectivity index (χ4n) is 2.25. The van der Waals surface area contributed by atoms with E-state index in [1.54, 1.807) is 0 Å². The van der Waals surface area contributed by atoms with Gasteiger partial charge in [0.2, 0.25) is 0 Å². The number of hydrogen-bond donors (Lipinski definition) is 1. The molecule has 1 unspecified atom stereocenters. The van der Waals surface area contributed by atoms with Gasteiger partial charge in [0, 0.05) is 6.04 Å². The Morgan fingerprint density at radius 1 is 1.40 bits per heavy atom. The quantitative estimate of drug-likeness (QED) is 0.802. The van der Waals surface area contributed by atoms with Crippen LogP contribution in [0.25, 0.3) is 0 Å². The lowest BCUT2D eigenvalue weighted by Gasteiger charge is -2.36. The van der Waals surface area contributed by atoms with Crippen LogP contribution in [-0.4, -0.2) is 46.6 Å². The van der Waals surface area contributed by atoms with Crippen molar-refractivity contribution >= 4 is 17.7 Å². The summed E-state index contributed by atoms with van der Waals surface area (Å²) in [6.07, 6.45) is 2.25. The summed E-state index contributed by atoms with van der Waals surface area (Å²) in [5.74, 6) is 1.81. The first-order valence-corrected chi connectivity index (χ1v) is 6.72. The Kier molecular flexibility index (Phi) is 4.93. The largest absolute Gasteiger partial charge is 0.480 e. The van der Waals surface area contributed by atoms with Crippen molar-refractivity contribution in [3.05, 3.63) is 0 Å². The zero-order chi connectivity index (χ0) is 11.4. The molecule has 88 valence electrons. The van der Waals surface area contributed by atoms with Gasteiger partial charge >= 0.3 is 5.97 Å². The highest BCUT2D eigenvalue weighted by Crippen LogP contribution is 2.24. The van der Waals surface area contributed by atoms with E-state index in [1.807, 2.05) is 32.7 Å². The van der Waals surface area contributed by atoms with Crippen molar-refractivity contribution in [1.29, 1.82) is 0 Å². The van der Waals surface area contributed by atoms with Gasteiger partial charge in [0.1, 0.15) is 6.04 Å². The fraction of sp³-hybridized carbons (Fsp3) is 0.909. The van der Waals surface area contributed by atoms with E-state index in [0.717, 1.165) is 12.8 Å². The number of rotatable bonds is 4. The number of carboxylic acid groups (broad SMARTS) is 1. The summed E-state index contributed by atoms with van der Waals surface area (Å²) in [4.78, 5) is 13.2. The summed E-state index contributed by atoms with van der Waals surface area (Å²) in [6.45, 7) is 3.96. The van der Waals surface area contributed by atoms with Gasteiger partial charge in [0.25, 0.3) is 0 Å². The van der Waals surface area contributed by atoms with Crippen LogP contribution in [0.3, 0.4) is 0 Å². The van der Waals surface area contributed by atoms with Crippen molar-refractivity contribution in [1.82, 2.24) is 4.90 Å². The lowest BCUT2D eigenvalue weighted by Crippen LogP contribution is -2.48. The van der Waals surface area contributed by atoms with Gasteiger partial charge in [0.05, 0.1) is 0 Å². The lowest BCUT2D eigenvalue weighted by molar-refractivity contribution is -0.145. The Bertz CT molecular complexity index is 215. The van der Waals surface area contributed by atoms with Crippen LogP contribution in [0.2, 0.25) is 0 Å². The summed E-state index contributed by atoms with van der Waals surface area (Å²) >= 11 is 1.97. The van der Waals surface area contributed by atoms with Crippen molar-refractivity contribution < 1.29 is 9.90 Å². The Balaban J connectivity index is 2.61. The Morgan fingerprint density at radius 2 is 1.93 bits per heavy atom. The zero-order valence-electron chi connectivity index (χ0n) is 9.77. The molecule has 1 N–H and O–H groups in total. The van der Waals surface area contributed by atoms with Crippen LogP contribution in [-0.2, 0) is 4.79 Å². The fourth-order valence-corrected chi connectivity index (χ4v) is 3.33. The van der Waals surface area contributed by atoms with Gasteiger partial charge in [-0.2, -0.15) is 11.8 Å². The van der Waals surface area contributed by atoms with Crippen molar-refractivity contribution in [2.45, 2.75) is 38.8 Å². The van der Waals surface area contributed by atoms with Gasteiger partial charge in [0.15, 0.2) is 0 Å². The van der Waals surface area contributed by atoms with Crippen LogP contribution in [0, 0.1) is 5.92 Å². The summed E-state index contributed by atoms with van der Waals surface area (Å²) in [5.41, 5.74) is 0. The lowest BCUT2D eigenvalue weighted by atomic mass is 9.99. The summed E-state index contributed by atoms with van der Waals surface area (Å²) in [5, 5.41) is 9.20. The monoisotopic (exact) mass is 231 g/mol. The molecule has 0 aliphatic carbocycles. The van der Waals surface area contributed by atoms with Gasteiger partial charge in [-0.25, -0.2) is 0 Å². The van der Waals surface area contributed by atoms with E-state index in [0.29, 0.717) is 6.04 Å². The number of carboxylic acids is 1. The van der Waals surface area contributed by atoms with E-state index in [2.05, 4.69) is 4.90 Å². The predicted octanol–water partition coefficient (Wildman–Crippen LogP) is 1.92. The second-order valence-electron chi connectivity index (χ2n) is 4.54. The zero-order valence-corrected chi connectivity index (χ0v) is 10.6. The molecule has 1 atom stereocenters. The molecule has 0 aromatic carbocycles. The first-order valence-electron chi connectivity index (χ1n) is 5.56. The third-order valence-electron chi connectivity index (χ3n) is 3.09. The first kappa shape index (κ1) is 12.8. The molecule has 0 saturated carbocycles. The molecular weight excluding hydrogens is 210 g/mol. The van der Waals surface area contributed by atoms with Crippen LogP contribution in [0.4, 0.5) is 0 Å². The molecule has 0 aromatic rings. The summed E-state index contributed by atoms with van der Waals surface area (Å²) < 4.78 is 0. The number of hydrogen-bond acceptors (Lipinski definition) is 3. The second kappa shape index (κ2) is 5.75. The minimum Gasteiger partial charge on any atom is -0.480 e. The number of aliphatic carboxylic acids is 1. The normalized spacial score (nSPS) is 20.9. The number of thioether (sulfide) groups is 1. The smallest absolute Gasteiger partial charge is 0.321 e. The van der Waals surface area contributed by atoms with E-state index < -0.39 is 5.97 Å². The molecule has 1 heterocycles. The molecule has 15 heavy (non-hydrogen) atoms. The molecule has 0 radical (unpaired) electrons. The van der Waals surface area contributed by atoms with Crippen LogP contribution in [0.15, 0.2) is 0 Å². The van der Waals surface area contributed by atoms with Crippen LogP contribution in [0.1, 0.15) is 26.7 Å². The maximum atomic E-state index is 11.2. The minimum atomic E-state index is -0.689. The van der Waals surface area contributed by atoms with Crippen LogP contribution >= 0.6 is 11.8 Å². The van der Waals surface area contributed by atoms with Gasteiger partial charge in [-0.1, -0.05) is 13.8 Å². The van der Waals surface area contributed by atoms with Crippen molar-refractivity contribution in [2.24, 2.45) is 5.92 Å². The second-order valence-corrected chi connectivity index (χ2v) is 5.76. The highest BCUT2D eigenvalue weighted by atomic mass is 32.2. The Hall–Kier alpha value is -0.220.